The number of piperazine rings is 1. The van der Waals surface area contributed by atoms with Gasteiger partial charge in [0.15, 0.2) is 0 Å². The third-order valence-corrected chi connectivity index (χ3v) is 2.61. The average molecular weight is 170 g/mol. The van der Waals surface area contributed by atoms with Crippen LogP contribution in [0, 0.1) is 0 Å². The van der Waals surface area contributed by atoms with Crippen molar-refractivity contribution in [1.29, 1.82) is 0 Å². The van der Waals surface area contributed by atoms with Gasteiger partial charge in [-0.1, -0.05) is 6.92 Å². The highest BCUT2D eigenvalue weighted by atomic mass is 16.2. The molecule has 0 radical (unpaired) electrons. The van der Waals surface area contributed by atoms with Crippen LogP contribution in [0.25, 0.3) is 0 Å². The van der Waals surface area contributed by atoms with Gasteiger partial charge in [0.2, 0.25) is 5.91 Å². The van der Waals surface area contributed by atoms with Crippen molar-refractivity contribution >= 4 is 5.91 Å². The van der Waals surface area contributed by atoms with Crippen molar-refractivity contribution in [2.45, 2.75) is 26.3 Å². The molecule has 3 nitrogen and oxygen atoms in total. The van der Waals surface area contributed by atoms with Crippen LogP contribution < -0.4 is 0 Å². The van der Waals surface area contributed by atoms with Gasteiger partial charge in [-0.15, -0.1) is 0 Å². The Balaban J connectivity index is 2.45. The number of hydrogen-bond donors (Lipinski definition) is 0. The van der Waals surface area contributed by atoms with Crippen molar-refractivity contribution in [2.24, 2.45) is 0 Å². The number of amides is 1. The van der Waals surface area contributed by atoms with Crippen LogP contribution in [0.2, 0.25) is 0 Å². The van der Waals surface area contributed by atoms with Gasteiger partial charge in [0.25, 0.3) is 0 Å². The molecule has 12 heavy (non-hydrogen) atoms. The Hall–Kier alpha value is -0.570. The molecule has 0 bridgehead atoms. The maximum absolute atomic E-state index is 11.3. The normalized spacial score (nSPS) is 25.9. The fourth-order valence-electron chi connectivity index (χ4n) is 1.50. The molecule has 1 rings (SSSR count). The zero-order valence-corrected chi connectivity index (χ0v) is 8.21. The number of nitrogens with zero attached hydrogens (tertiary/aromatic N) is 2. The maximum atomic E-state index is 11.3. The minimum absolute atomic E-state index is 0.287. The Kier molecular flexibility index (Phi) is 3.09. The van der Waals surface area contributed by atoms with Crippen molar-refractivity contribution in [1.82, 2.24) is 9.80 Å². The summed E-state index contributed by atoms with van der Waals surface area (Å²) in [5, 5.41) is 0. The first-order valence-electron chi connectivity index (χ1n) is 4.63. The quantitative estimate of drug-likeness (QED) is 0.574. The van der Waals surface area contributed by atoms with Crippen molar-refractivity contribution in [3.8, 4) is 0 Å². The first-order valence-corrected chi connectivity index (χ1v) is 4.63. The Bertz CT molecular complexity index is 170. The average Bonchev–Trinajstić information content (AvgIpc) is 2.08. The molecule has 0 aromatic heterocycles. The molecule has 0 spiro atoms. The van der Waals surface area contributed by atoms with Crippen molar-refractivity contribution < 1.29 is 4.79 Å². The number of carbonyl (C=O) groups excluding carboxylic acids is 1. The first-order chi connectivity index (χ1) is 5.65. The van der Waals surface area contributed by atoms with E-state index < -0.39 is 0 Å². The molecule has 70 valence electrons. The van der Waals surface area contributed by atoms with Crippen molar-refractivity contribution in [3.63, 3.8) is 0 Å². The highest BCUT2D eigenvalue weighted by Gasteiger charge is 2.22. The van der Waals surface area contributed by atoms with Crippen LogP contribution in [0.15, 0.2) is 0 Å². The maximum Gasteiger partial charge on any atom is 0.222 e. The summed E-state index contributed by atoms with van der Waals surface area (Å²) < 4.78 is 0. The number of hydrogen-bond acceptors (Lipinski definition) is 2. The minimum Gasteiger partial charge on any atom is -0.340 e. The van der Waals surface area contributed by atoms with Gasteiger partial charge in [-0.3, -0.25) is 4.79 Å². The van der Waals surface area contributed by atoms with Crippen LogP contribution >= 0.6 is 0 Å². The lowest BCUT2D eigenvalue weighted by Gasteiger charge is -2.37. The second-order valence-corrected chi connectivity index (χ2v) is 3.52. The fraction of sp³-hybridized carbons (Fsp3) is 0.889. The van der Waals surface area contributed by atoms with Crippen LogP contribution in [-0.2, 0) is 4.79 Å². The van der Waals surface area contributed by atoms with Crippen LogP contribution in [0.3, 0.4) is 0 Å². The molecule has 1 amide bonds. The fourth-order valence-corrected chi connectivity index (χ4v) is 1.50. The van der Waals surface area contributed by atoms with Crippen LogP contribution in [-0.4, -0.2) is 48.4 Å². The molecule has 0 aliphatic carbocycles. The number of rotatable bonds is 1. The predicted molar refractivity (Wildman–Crippen MR) is 49.0 cm³/mol. The topological polar surface area (TPSA) is 23.6 Å². The summed E-state index contributed by atoms with van der Waals surface area (Å²) in [5.74, 6) is 0.287. The summed E-state index contributed by atoms with van der Waals surface area (Å²) >= 11 is 0. The van der Waals surface area contributed by atoms with E-state index >= 15 is 0 Å². The van der Waals surface area contributed by atoms with E-state index in [2.05, 4.69) is 18.9 Å². The van der Waals surface area contributed by atoms with Gasteiger partial charge in [-0.25, -0.2) is 0 Å². The summed E-state index contributed by atoms with van der Waals surface area (Å²) in [5.41, 5.74) is 0. The SMILES string of the molecule is CCC(=O)N1CCN(C)[C@@H](C)C1. The summed E-state index contributed by atoms with van der Waals surface area (Å²) in [6.45, 7) is 6.88. The van der Waals surface area contributed by atoms with E-state index in [1.807, 2.05) is 11.8 Å². The first kappa shape index (κ1) is 9.52. The van der Waals surface area contributed by atoms with Gasteiger partial charge in [0.05, 0.1) is 0 Å². The smallest absolute Gasteiger partial charge is 0.222 e. The molecule has 1 heterocycles. The third-order valence-electron chi connectivity index (χ3n) is 2.61. The lowest BCUT2D eigenvalue weighted by molar-refractivity contribution is -0.133. The van der Waals surface area contributed by atoms with Gasteiger partial charge in [-0.05, 0) is 14.0 Å². The monoisotopic (exact) mass is 170 g/mol. The van der Waals surface area contributed by atoms with E-state index in [1.165, 1.54) is 0 Å². The van der Waals surface area contributed by atoms with Gasteiger partial charge in [-0.2, -0.15) is 0 Å². The zero-order chi connectivity index (χ0) is 9.14. The molecule has 0 N–H and O–H groups in total. The number of carbonyl (C=O) groups is 1. The van der Waals surface area contributed by atoms with Crippen LogP contribution in [0.5, 0.6) is 0 Å². The molecule has 1 fully saturated rings. The highest BCUT2D eigenvalue weighted by Crippen LogP contribution is 2.07. The summed E-state index contributed by atoms with van der Waals surface area (Å²) in [4.78, 5) is 15.6. The van der Waals surface area contributed by atoms with Gasteiger partial charge in [0.1, 0.15) is 0 Å². The second-order valence-electron chi connectivity index (χ2n) is 3.52. The van der Waals surface area contributed by atoms with E-state index in [9.17, 15) is 4.79 Å². The van der Waals surface area contributed by atoms with E-state index in [4.69, 9.17) is 0 Å². The molecule has 1 saturated heterocycles. The highest BCUT2D eigenvalue weighted by molar-refractivity contribution is 5.75. The molecular weight excluding hydrogens is 152 g/mol. The van der Waals surface area contributed by atoms with E-state index in [0.717, 1.165) is 19.6 Å². The van der Waals surface area contributed by atoms with Crippen molar-refractivity contribution in [2.75, 3.05) is 26.7 Å². The Labute approximate surface area is 74.3 Å². The molecule has 0 unspecified atom stereocenters. The molecule has 0 aromatic carbocycles. The molecular formula is C9H18N2O. The largest absolute Gasteiger partial charge is 0.340 e. The second kappa shape index (κ2) is 3.90. The van der Waals surface area contributed by atoms with Crippen molar-refractivity contribution in [3.05, 3.63) is 0 Å². The molecule has 0 aromatic rings. The van der Waals surface area contributed by atoms with Gasteiger partial charge >= 0.3 is 0 Å². The standard InChI is InChI=1S/C9H18N2O/c1-4-9(12)11-6-5-10(3)8(2)7-11/h8H,4-7H2,1-3H3/t8-/m0/s1. The number of likely N-dealkylation sites (N-methyl/N-ethyl adjacent to an activating group) is 1. The summed E-state index contributed by atoms with van der Waals surface area (Å²) in [6.07, 6.45) is 0.635. The Morgan fingerprint density at radius 2 is 2.17 bits per heavy atom. The van der Waals surface area contributed by atoms with Crippen LogP contribution in [0.4, 0.5) is 0 Å². The molecule has 1 aliphatic heterocycles. The lowest BCUT2D eigenvalue weighted by atomic mass is 10.2. The Morgan fingerprint density at radius 3 is 2.67 bits per heavy atom. The zero-order valence-electron chi connectivity index (χ0n) is 8.21. The molecule has 1 atom stereocenters. The summed E-state index contributed by atoms with van der Waals surface area (Å²) in [7, 11) is 2.11. The lowest BCUT2D eigenvalue weighted by Crippen LogP contribution is -2.51. The predicted octanol–water partition coefficient (Wildman–Crippen LogP) is 0.559. The minimum atomic E-state index is 0.287. The third kappa shape index (κ3) is 1.97. The van der Waals surface area contributed by atoms with E-state index in [0.29, 0.717) is 12.5 Å². The molecule has 1 aliphatic rings. The molecule has 0 saturated carbocycles. The van der Waals surface area contributed by atoms with E-state index in [1.54, 1.807) is 0 Å². The van der Waals surface area contributed by atoms with Gasteiger partial charge < -0.3 is 9.80 Å². The van der Waals surface area contributed by atoms with Gasteiger partial charge in [0, 0.05) is 32.1 Å². The Morgan fingerprint density at radius 1 is 1.50 bits per heavy atom. The van der Waals surface area contributed by atoms with E-state index in [-0.39, 0.29) is 5.91 Å². The summed E-state index contributed by atoms with van der Waals surface area (Å²) in [6, 6.07) is 0.509. The van der Waals surface area contributed by atoms with Crippen LogP contribution in [0.1, 0.15) is 20.3 Å². The molecule has 3 heteroatoms.